The van der Waals surface area contributed by atoms with Crippen LogP contribution in [-0.4, -0.2) is 44.1 Å². The molecule has 5 heteroatoms. The highest BCUT2D eigenvalue weighted by Crippen LogP contribution is 2.27. The summed E-state index contributed by atoms with van der Waals surface area (Å²) in [4.78, 5) is 18.2. The molecule has 0 aliphatic carbocycles. The Hall–Kier alpha value is -3.31. The average Bonchev–Trinajstić information content (AvgIpc) is 2.83. The minimum atomic E-state index is -0.325. The molecule has 0 saturated carbocycles. The lowest BCUT2D eigenvalue weighted by Gasteiger charge is -2.39. The number of hydrogen-bond acceptors (Lipinski definition) is 4. The normalized spacial score (nSPS) is 15.3. The van der Waals surface area contributed by atoms with Gasteiger partial charge in [0.2, 0.25) is 5.91 Å². The first kappa shape index (κ1) is 21.9. The van der Waals surface area contributed by atoms with Crippen LogP contribution in [0.2, 0.25) is 0 Å². The van der Waals surface area contributed by atoms with Crippen molar-refractivity contribution < 1.29 is 9.53 Å². The van der Waals surface area contributed by atoms with Crippen LogP contribution in [0.15, 0.2) is 72.8 Å². The largest absolute Gasteiger partial charge is 0.497 e. The van der Waals surface area contributed by atoms with E-state index in [0.717, 1.165) is 54.3 Å². The molecule has 1 atom stereocenters. The van der Waals surface area contributed by atoms with Crippen molar-refractivity contribution in [2.45, 2.75) is 19.9 Å². The Morgan fingerprint density at radius 3 is 2.25 bits per heavy atom. The number of piperazine rings is 1. The van der Waals surface area contributed by atoms with Gasteiger partial charge in [0.25, 0.3) is 0 Å². The summed E-state index contributed by atoms with van der Waals surface area (Å²) in [5.74, 6) is 0.877. The lowest BCUT2D eigenvalue weighted by molar-refractivity contribution is -0.121. The third-order valence-corrected chi connectivity index (χ3v) is 6.13. The van der Waals surface area contributed by atoms with Crippen LogP contribution in [0.3, 0.4) is 0 Å². The number of hydrogen-bond donors (Lipinski definition) is 1. The Bertz CT molecular complexity index is 1040. The SMILES string of the molecule is COc1ccc(N2CCN([C@H](C(=O)Nc3cc(C)ccc3C)c3ccccc3)CC2)cc1. The van der Waals surface area contributed by atoms with Crippen molar-refractivity contribution in [1.29, 1.82) is 0 Å². The smallest absolute Gasteiger partial charge is 0.246 e. The van der Waals surface area contributed by atoms with Gasteiger partial charge in [-0.2, -0.15) is 0 Å². The molecule has 1 N–H and O–H groups in total. The topological polar surface area (TPSA) is 44.8 Å². The molecular formula is C27H31N3O2. The summed E-state index contributed by atoms with van der Waals surface area (Å²) in [6, 6.07) is 24.1. The van der Waals surface area contributed by atoms with E-state index in [9.17, 15) is 4.79 Å². The Balaban J connectivity index is 1.51. The maximum atomic E-state index is 13.5. The highest BCUT2D eigenvalue weighted by Gasteiger charge is 2.30. The summed E-state index contributed by atoms with van der Waals surface area (Å²) < 4.78 is 5.27. The molecule has 0 spiro atoms. The molecule has 3 aromatic carbocycles. The average molecular weight is 430 g/mol. The van der Waals surface area contributed by atoms with E-state index in [0.29, 0.717) is 0 Å². The molecule has 1 aliphatic rings. The van der Waals surface area contributed by atoms with Gasteiger partial charge in [-0.25, -0.2) is 0 Å². The van der Waals surface area contributed by atoms with Gasteiger partial charge < -0.3 is 15.0 Å². The van der Waals surface area contributed by atoms with Gasteiger partial charge in [-0.1, -0.05) is 42.5 Å². The Kier molecular flexibility index (Phi) is 6.76. The molecule has 0 unspecified atom stereocenters. The molecule has 1 aliphatic heterocycles. The molecule has 3 aromatic rings. The number of methoxy groups -OCH3 is 1. The predicted molar refractivity (Wildman–Crippen MR) is 131 cm³/mol. The number of carbonyl (C=O) groups is 1. The summed E-state index contributed by atoms with van der Waals surface area (Å²) in [5.41, 5.74) is 5.29. The second-order valence-corrected chi connectivity index (χ2v) is 8.34. The number of carbonyl (C=O) groups excluding carboxylic acids is 1. The molecule has 1 fully saturated rings. The summed E-state index contributed by atoms with van der Waals surface area (Å²) in [7, 11) is 1.68. The predicted octanol–water partition coefficient (Wildman–Crippen LogP) is 4.81. The number of amides is 1. The quantitative estimate of drug-likeness (QED) is 0.611. The van der Waals surface area contributed by atoms with Crippen LogP contribution in [0.5, 0.6) is 5.75 Å². The van der Waals surface area contributed by atoms with Gasteiger partial charge in [0.15, 0.2) is 0 Å². The van der Waals surface area contributed by atoms with Crippen molar-refractivity contribution in [1.82, 2.24) is 4.90 Å². The van der Waals surface area contributed by atoms with Gasteiger partial charge in [0.1, 0.15) is 11.8 Å². The Morgan fingerprint density at radius 2 is 1.59 bits per heavy atom. The molecule has 0 radical (unpaired) electrons. The molecule has 166 valence electrons. The molecule has 0 aromatic heterocycles. The fourth-order valence-corrected chi connectivity index (χ4v) is 4.27. The highest BCUT2D eigenvalue weighted by molar-refractivity contribution is 5.96. The van der Waals surface area contributed by atoms with E-state index in [1.807, 2.05) is 62.4 Å². The molecule has 1 amide bonds. The molecule has 5 nitrogen and oxygen atoms in total. The van der Waals surface area contributed by atoms with Gasteiger partial charge >= 0.3 is 0 Å². The zero-order chi connectivity index (χ0) is 22.5. The molecule has 1 saturated heterocycles. The van der Waals surface area contributed by atoms with E-state index in [1.54, 1.807) is 7.11 Å². The lowest BCUT2D eigenvalue weighted by atomic mass is 10.0. The third-order valence-electron chi connectivity index (χ3n) is 6.13. The minimum absolute atomic E-state index is 0.0165. The first-order valence-electron chi connectivity index (χ1n) is 11.1. The van der Waals surface area contributed by atoms with Gasteiger partial charge in [0.05, 0.1) is 7.11 Å². The molecule has 4 rings (SSSR count). The zero-order valence-electron chi connectivity index (χ0n) is 19.0. The maximum absolute atomic E-state index is 13.5. The summed E-state index contributed by atoms with van der Waals surface area (Å²) in [6.07, 6.45) is 0. The van der Waals surface area contributed by atoms with Crippen LogP contribution in [0.1, 0.15) is 22.7 Å². The van der Waals surface area contributed by atoms with Crippen molar-refractivity contribution in [3.05, 3.63) is 89.5 Å². The van der Waals surface area contributed by atoms with Crippen LogP contribution < -0.4 is 15.0 Å². The Labute approximate surface area is 190 Å². The van der Waals surface area contributed by atoms with Gasteiger partial charge in [-0.05, 0) is 60.9 Å². The second-order valence-electron chi connectivity index (χ2n) is 8.34. The zero-order valence-corrected chi connectivity index (χ0v) is 19.0. The van der Waals surface area contributed by atoms with Gasteiger partial charge in [-0.3, -0.25) is 9.69 Å². The monoisotopic (exact) mass is 429 g/mol. The van der Waals surface area contributed by atoms with Crippen molar-refractivity contribution >= 4 is 17.3 Å². The number of nitrogens with zero attached hydrogens (tertiary/aromatic N) is 2. The van der Waals surface area contributed by atoms with E-state index >= 15 is 0 Å². The number of benzene rings is 3. The minimum Gasteiger partial charge on any atom is -0.497 e. The van der Waals surface area contributed by atoms with E-state index < -0.39 is 0 Å². The fraction of sp³-hybridized carbons (Fsp3) is 0.296. The summed E-state index contributed by atoms with van der Waals surface area (Å²) >= 11 is 0. The van der Waals surface area contributed by atoms with E-state index in [4.69, 9.17) is 4.74 Å². The van der Waals surface area contributed by atoms with E-state index in [-0.39, 0.29) is 11.9 Å². The third kappa shape index (κ3) is 4.94. The number of aryl methyl sites for hydroxylation is 2. The highest BCUT2D eigenvalue weighted by atomic mass is 16.5. The molecular weight excluding hydrogens is 398 g/mol. The maximum Gasteiger partial charge on any atom is 0.246 e. The standard InChI is InChI=1S/C27H31N3O2/c1-20-9-10-21(2)25(19-20)28-27(31)26(22-7-5-4-6-8-22)30-17-15-29(16-18-30)23-11-13-24(32-3)14-12-23/h4-14,19,26H,15-18H2,1-3H3,(H,28,31)/t26-/m0/s1. The second kappa shape index (κ2) is 9.88. The summed E-state index contributed by atoms with van der Waals surface area (Å²) in [5, 5.41) is 3.19. The van der Waals surface area contributed by atoms with Crippen molar-refractivity contribution in [3.63, 3.8) is 0 Å². The molecule has 0 bridgehead atoms. The van der Waals surface area contributed by atoms with Crippen LogP contribution in [0, 0.1) is 13.8 Å². The summed E-state index contributed by atoms with van der Waals surface area (Å²) in [6.45, 7) is 7.43. The van der Waals surface area contributed by atoms with Crippen LogP contribution in [-0.2, 0) is 4.79 Å². The number of ether oxygens (including phenoxy) is 1. The van der Waals surface area contributed by atoms with Crippen molar-refractivity contribution in [2.75, 3.05) is 43.5 Å². The number of rotatable bonds is 6. The molecule has 1 heterocycles. The van der Waals surface area contributed by atoms with E-state index in [2.05, 4.69) is 39.4 Å². The first-order valence-corrected chi connectivity index (χ1v) is 11.1. The number of anilines is 2. The van der Waals surface area contributed by atoms with E-state index in [1.165, 1.54) is 5.69 Å². The van der Waals surface area contributed by atoms with Crippen LogP contribution in [0.4, 0.5) is 11.4 Å². The first-order chi connectivity index (χ1) is 15.5. The van der Waals surface area contributed by atoms with Gasteiger partial charge in [0, 0.05) is 37.6 Å². The lowest BCUT2D eigenvalue weighted by Crippen LogP contribution is -2.50. The fourth-order valence-electron chi connectivity index (χ4n) is 4.27. The Morgan fingerprint density at radius 1 is 0.906 bits per heavy atom. The van der Waals surface area contributed by atoms with Crippen LogP contribution in [0.25, 0.3) is 0 Å². The molecule has 32 heavy (non-hydrogen) atoms. The van der Waals surface area contributed by atoms with Crippen LogP contribution >= 0.6 is 0 Å². The number of nitrogens with one attached hydrogen (secondary N) is 1. The van der Waals surface area contributed by atoms with Crippen molar-refractivity contribution in [2.24, 2.45) is 0 Å². The van der Waals surface area contributed by atoms with Gasteiger partial charge in [-0.15, -0.1) is 0 Å². The van der Waals surface area contributed by atoms with Crippen molar-refractivity contribution in [3.8, 4) is 5.75 Å².